The van der Waals surface area contributed by atoms with Crippen molar-refractivity contribution in [3.05, 3.63) is 57.0 Å². The van der Waals surface area contributed by atoms with E-state index in [1.54, 1.807) is 17.4 Å². The van der Waals surface area contributed by atoms with Crippen molar-refractivity contribution in [2.45, 2.75) is 19.5 Å². The molecule has 0 atom stereocenters. The zero-order valence-electron chi connectivity index (χ0n) is 10.8. The lowest BCUT2D eigenvalue weighted by Crippen LogP contribution is -2.29. The molecule has 0 saturated heterocycles. The van der Waals surface area contributed by atoms with Gasteiger partial charge >= 0.3 is 5.97 Å². The van der Waals surface area contributed by atoms with Gasteiger partial charge in [0.1, 0.15) is 5.82 Å². The number of hydrogen-bond acceptors (Lipinski definition) is 3. The molecule has 2 heterocycles. The van der Waals surface area contributed by atoms with Crippen LogP contribution in [0.5, 0.6) is 0 Å². The van der Waals surface area contributed by atoms with Crippen LogP contribution in [0.2, 0.25) is 0 Å². The number of thiophene rings is 1. The summed E-state index contributed by atoms with van der Waals surface area (Å²) in [6, 6.07) is 6.46. The Bertz CT molecular complexity index is 653. The molecule has 1 aliphatic heterocycles. The van der Waals surface area contributed by atoms with Gasteiger partial charge in [-0.25, -0.2) is 9.18 Å². The Morgan fingerprint density at radius 3 is 3.05 bits per heavy atom. The van der Waals surface area contributed by atoms with Crippen LogP contribution in [0.15, 0.2) is 29.6 Å². The van der Waals surface area contributed by atoms with Gasteiger partial charge in [-0.05, 0) is 41.1 Å². The highest BCUT2D eigenvalue weighted by atomic mass is 32.1. The predicted octanol–water partition coefficient (Wildman–Crippen LogP) is 3.14. The Labute approximate surface area is 120 Å². The summed E-state index contributed by atoms with van der Waals surface area (Å²) >= 11 is 1.79. The number of fused-ring (bicyclic) bond motifs is 1. The Hall–Kier alpha value is -1.72. The molecule has 5 heteroatoms. The van der Waals surface area contributed by atoms with Crippen molar-refractivity contribution in [2.75, 3.05) is 6.54 Å². The van der Waals surface area contributed by atoms with E-state index in [2.05, 4.69) is 16.3 Å². The Morgan fingerprint density at radius 2 is 2.25 bits per heavy atom. The molecular formula is C15H14FNO2S. The van der Waals surface area contributed by atoms with Gasteiger partial charge < -0.3 is 5.11 Å². The number of carbonyl (C=O) groups is 1. The van der Waals surface area contributed by atoms with Crippen LogP contribution in [0.1, 0.15) is 26.4 Å². The number of carboxylic acid groups (broad SMARTS) is 1. The van der Waals surface area contributed by atoms with E-state index < -0.39 is 11.8 Å². The van der Waals surface area contributed by atoms with E-state index in [1.807, 2.05) is 0 Å². The summed E-state index contributed by atoms with van der Waals surface area (Å²) in [4.78, 5) is 14.6. The number of benzene rings is 1. The van der Waals surface area contributed by atoms with E-state index in [1.165, 1.54) is 22.6 Å². The molecule has 1 aromatic carbocycles. The molecule has 20 heavy (non-hydrogen) atoms. The van der Waals surface area contributed by atoms with Crippen LogP contribution >= 0.6 is 11.3 Å². The highest BCUT2D eigenvalue weighted by Crippen LogP contribution is 2.25. The predicted molar refractivity (Wildman–Crippen MR) is 75.5 cm³/mol. The van der Waals surface area contributed by atoms with Crippen LogP contribution < -0.4 is 0 Å². The SMILES string of the molecule is O=C(O)c1cc(CN2CCc3sccc3C2)ccc1F. The smallest absolute Gasteiger partial charge is 0.338 e. The van der Waals surface area contributed by atoms with Crippen molar-refractivity contribution in [2.24, 2.45) is 0 Å². The number of halogens is 1. The summed E-state index contributed by atoms with van der Waals surface area (Å²) in [5.74, 6) is -1.90. The van der Waals surface area contributed by atoms with Crippen molar-refractivity contribution in [3.63, 3.8) is 0 Å². The van der Waals surface area contributed by atoms with Gasteiger partial charge in [-0.2, -0.15) is 0 Å². The fraction of sp³-hybridized carbons (Fsp3) is 0.267. The molecular weight excluding hydrogens is 277 g/mol. The topological polar surface area (TPSA) is 40.5 Å². The molecule has 0 saturated carbocycles. The van der Waals surface area contributed by atoms with Crippen LogP contribution in [0.4, 0.5) is 4.39 Å². The van der Waals surface area contributed by atoms with E-state index in [0.717, 1.165) is 25.1 Å². The lowest BCUT2D eigenvalue weighted by atomic mass is 10.1. The van der Waals surface area contributed by atoms with Gasteiger partial charge in [0.2, 0.25) is 0 Å². The molecule has 1 aliphatic rings. The van der Waals surface area contributed by atoms with Crippen LogP contribution in [0, 0.1) is 5.82 Å². The fourth-order valence-electron chi connectivity index (χ4n) is 2.53. The molecule has 1 N–H and O–H groups in total. The van der Waals surface area contributed by atoms with Gasteiger partial charge in [0.25, 0.3) is 0 Å². The van der Waals surface area contributed by atoms with E-state index in [0.29, 0.717) is 6.54 Å². The zero-order valence-corrected chi connectivity index (χ0v) is 11.6. The standard InChI is InChI=1S/C15H14FNO2S/c16-13-2-1-10(7-12(13)15(18)19)8-17-5-3-14-11(9-17)4-6-20-14/h1-2,4,6-7H,3,5,8-9H2,(H,18,19). The summed E-state index contributed by atoms with van der Waals surface area (Å²) < 4.78 is 13.4. The molecule has 0 unspecified atom stereocenters. The molecule has 2 aromatic rings. The van der Waals surface area contributed by atoms with E-state index in [9.17, 15) is 9.18 Å². The number of nitrogens with zero attached hydrogens (tertiary/aromatic N) is 1. The highest BCUT2D eigenvalue weighted by Gasteiger charge is 2.18. The third-order valence-corrected chi connectivity index (χ3v) is 4.58. The first-order valence-corrected chi connectivity index (χ1v) is 7.31. The van der Waals surface area contributed by atoms with Crippen molar-refractivity contribution < 1.29 is 14.3 Å². The second kappa shape index (κ2) is 5.34. The first-order valence-electron chi connectivity index (χ1n) is 6.43. The van der Waals surface area contributed by atoms with Crippen LogP contribution in [0.25, 0.3) is 0 Å². The van der Waals surface area contributed by atoms with Gasteiger partial charge in [0.05, 0.1) is 5.56 Å². The van der Waals surface area contributed by atoms with Crippen LogP contribution in [0.3, 0.4) is 0 Å². The first kappa shape index (κ1) is 13.3. The monoisotopic (exact) mass is 291 g/mol. The number of aromatic carboxylic acids is 1. The van der Waals surface area contributed by atoms with E-state index in [-0.39, 0.29) is 5.56 Å². The molecule has 0 aliphatic carbocycles. The molecule has 3 nitrogen and oxygen atoms in total. The fourth-order valence-corrected chi connectivity index (χ4v) is 3.42. The summed E-state index contributed by atoms with van der Waals surface area (Å²) in [5, 5.41) is 11.1. The minimum absolute atomic E-state index is 0.254. The molecule has 0 spiro atoms. The van der Waals surface area contributed by atoms with Gasteiger partial charge in [-0.15, -0.1) is 11.3 Å². The normalized spacial score (nSPS) is 15.1. The van der Waals surface area contributed by atoms with Crippen LogP contribution in [-0.2, 0) is 19.5 Å². The van der Waals surface area contributed by atoms with Crippen LogP contribution in [-0.4, -0.2) is 22.5 Å². The maximum atomic E-state index is 13.4. The van der Waals surface area contributed by atoms with E-state index >= 15 is 0 Å². The van der Waals surface area contributed by atoms with Crippen molar-refractivity contribution in [1.82, 2.24) is 4.90 Å². The van der Waals surface area contributed by atoms with Crippen molar-refractivity contribution in [1.29, 1.82) is 0 Å². The number of carboxylic acids is 1. The third kappa shape index (κ3) is 2.59. The third-order valence-electron chi connectivity index (χ3n) is 3.55. The first-order chi connectivity index (χ1) is 9.63. The minimum Gasteiger partial charge on any atom is -0.478 e. The molecule has 0 radical (unpaired) electrons. The molecule has 3 rings (SSSR count). The quantitative estimate of drug-likeness (QED) is 0.944. The molecule has 104 valence electrons. The van der Waals surface area contributed by atoms with Gasteiger partial charge in [0, 0.05) is 24.5 Å². The van der Waals surface area contributed by atoms with Gasteiger partial charge in [0.15, 0.2) is 0 Å². The minimum atomic E-state index is -1.22. The second-order valence-corrected chi connectivity index (χ2v) is 5.95. The Balaban J connectivity index is 1.76. The molecule has 0 amide bonds. The lowest BCUT2D eigenvalue weighted by Gasteiger charge is -2.26. The maximum absolute atomic E-state index is 13.4. The average Bonchev–Trinajstić information content (AvgIpc) is 2.88. The largest absolute Gasteiger partial charge is 0.478 e. The average molecular weight is 291 g/mol. The lowest BCUT2D eigenvalue weighted by molar-refractivity contribution is 0.0691. The summed E-state index contributed by atoms with van der Waals surface area (Å²) in [7, 11) is 0. The summed E-state index contributed by atoms with van der Waals surface area (Å²) in [6.07, 6.45) is 1.03. The Kier molecular flexibility index (Phi) is 3.54. The number of rotatable bonds is 3. The van der Waals surface area contributed by atoms with Crippen molar-refractivity contribution >= 4 is 17.3 Å². The second-order valence-electron chi connectivity index (χ2n) is 4.95. The van der Waals surface area contributed by atoms with Gasteiger partial charge in [-0.1, -0.05) is 6.07 Å². The summed E-state index contributed by atoms with van der Waals surface area (Å²) in [6.45, 7) is 2.47. The van der Waals surface area contributed by atoms with Crippen molar-refractivity contribution in [3.8, 4) is 0 Å². The molecule has 0 fully saturated rings. The molecule has 1 aromatic heterocycles. The molecule has 0 bridgehead atoms. The Morgan fingerprint density at radius 1 is 1.40 bits per heavy atom. The maximum Gasteiger partial charge on any atom is 0.338 e. The zero-order chi connectivity index (χ0) is 14.1. The van der Waals surface area contributed by atoms with Gasteiger partial charge in [-0.3, -0.25) is 4.90 Å². The summed E-state index contributed by atoms with van der Waals surface area (Å²) in [5.41, 5.74) is 1.93. The highest BCUT2D eigenvalue weighted by molar-refractivity contribution is 7.10. The number of hydrogen-bond donors (Lipinski definition) is 1. The van der Waals surface area contributed by atoms with E-state index in [4.69, 9.17) is 5.11 Å².